The summed E-state index contributed by atoms with van der Waals surface area (Å²) in [6.45, 7) is 12.6. The Balaban J connectivity index is 1.56. The quantitative estimate of drug-likeness (QED) is 0.503. The van der Waals surface area contributed by atoms with Gasteiger partial charge in [-0.05, 0) is 104 Å². The average molecular weight is 426 g/mol. The normalized spacial score (nSPS) is 40.5. The van der Waals surface area contributed by atoms with Gasteiger partial charge in [0.05, 0.1) is 6.10 Å². The molecule has 3 aliphatic rings. The van der Waals surface area contributed by atoms with E-state index in [0.29, 0.717) is 23.7 Å². The Kier molecular flexibility index (Phi) is 6.57. The van der Waals surface area contributed by atoms with Crippen molar-refractivity contribution in [3.05, 3.63) is 42.0 Å². The van der Waals surface area contributed by atoms with Crippen LogP contribution in [0.1, 0.15) is 71.3 Å². The lowest BCUT2D eigenvalue weighted by Crippen LogP contribution is -2.52. The molecule has 3 aliphatic carbocycles. The van der Waals surface area contributed by atoms with Gasteiger partial charge in [-0.15, -0.1) is 0 Å². The first-order valence-electron chi connectivity index (χ1n) is 12.6. The first-order chi connectivity index (χ1) is 14.8. The van der Waals surface area contributed by atoms with Crippen molar-refractivity contribution in [2.24, 2.45) is 34.5 Å². The summed E-state index contributed by atoms with van der Waals surface area (Å²) in [7, 11) is 0. The fourth-order valence-electron chi connectivity index (χ4n) is 7.61. The third-order valence-corrected chi connectivity index (χ3v) is 9.84. The van der Waals surface area contributed by atoms with Gasteiger partial charge in [0.2, 0.25) is 0 Å². The molecular weight excluding hydrogens is 382 g/mol. The summed E-state index contributed by atoms with van der Waals surface area (Å²) in [5, 5.41) is 24.8. The van der Waals surface area contributed by atoms with Crippen LogP contribution < -0.4 is 5.32 Å². The van der Waals surface area contributed by atoms with Crippen molar-refractivity contribution < 1.29 is 10.2 Å². The van der Waals surface area contributed by atoms with Crippen LogP contribution in [0.15, 0.2) is 36.4 Å². The van der Waals surface area contributed by atoms with Gasteiger partial charge in [-0.1, -0.05) is 45.1 Å². The predicted molar refractivity (Wildman–Crippen MR) is 129 cm³/mol. The first kappa shape index (κ1) is 22.9. The lowest BCUT2D eigenvalue weighted by molar-refractivity contribution is -0.0904. The minimum atomic E-state index is -0.199. The lowest BCUT2D eigenvalue weighted by Gasteiger charge is -2.56. The number of aryl methyl sites for hydroxylation is 1. The number of hydrogen-bond donors (Lipinski definition) is 3. The Morgan fingerprint density at radius 3 is 2.68 bits per heavy atom. The molecule has 7 unspecified atom stereocenters. The van der Waals surface area contributed by atoms with E-state index in [9.17, 15) is 10.2 Å². The summed E-state index contributed by atoms with van der Waals surface area (Å²) in [6.07, 6.45) is 8.33. The lowest BCUT2D eigenvalue weighted by atomic mass is 9.49. The zero-order chi connectivity index (χ0) is 22.2. The van der Waals surface area contributed by atoms with Gasteiger partial charge in [0.1, 0.15) is 0 Å². The van der Waals surface area contributed by atoms with Crippen LogP contribution in [0.25, 0.3) is 0 Å². The fourth-order valence-corrected chi connectivity index (χ4v) is 7.61. The van der Waals surface area contributed by atoms with Crippen molar-refractivity contribution in [1.82, 2.24) is 0 Å². The summed E-state index contributed by atoms with van der Waals surface area (Å²) >= 11 is 0. The van der Waals surface area contributed by atoms with Gasteiger partial charge in [0.15, 0.2) is 0 Å². The number of aliphatic hydroxyl groups excluding tert-OH is 2. The fraction of sp³-hybridized carbons (Fsp3) is 0.714. The van der Waals surface area contributed by atoms with Crippen molar-refractivity contribution in [2.45, 2.75) is 78.2 Å². The van der Waals surface area contributed by atoms with Crippen molar-refractivity contribution in [3.63, 3.8) is 0 Å². The molecule has 0 aromatic heterocycles. The Labute approximate surface area is 189 Å². The van der Waals surface area contributed by atoms with E-state index in [1.165, 1.54) is 36.1 Å². The highest BCUT2D eigenvalue weighted by Crippen LogP contribution is 2.63. The number of benzene rings is 1. The number of anilines is 1. The maximum atomic E-state index is 10.6. The smallest absolute Gasteiger partial charge is 0.0544 e. The molecule has 172 valence electrons. The topological polar surface area (TPSA) is 52.5 Å². The second-order valence-electron chi connectivity index (χ2n) is 11.2. The zero-order valence-electron chi connectivity index (χ0n) is 19.9. The van der Waals surface area contributed by atoms with E-state index < -0.39 is 0 Å². The molecule has 0 heterocycles. The molecule has 0 aliphatic heterocycles. The van der Waals surface area contributed by atoms with E-state index in [2.05, 4.69) is 56.9 Å². The number of rotatable bonds is 6. The van der Waals surface area contributed by atoms with Crippen LogP contribution in [0.2, 0.25) is 0 Å². The number of fused-ring (bicyclic) bond motifs is 1. The zero-order valence-corrected chi connectivity index (χ0v) is 19.9. The molecule has 0 spiro atoms. The van der Waals surface area contributed by atoms with Gasteiger partial charge in [0, 0.05) is 18.8 Å². The largest absolute Gasteiger partial charge is 0.396 e. The molecule has 31 heavy (non-hydrogen) atoms. The number of hydrogen-bond acceptors (Lipinski definition) is 3. The molecule has 0 bridgehead atoms. The molecule has 3 saturated carbocycles. The molecule has 0 radical (unpaired) electrons. The Bertz CT molecular complexity index is 791. The van der Waals surface area contributed by atoms with E-state index in [0.717, 1.165) is 38.6 Å². The SMILES string of the molecule is C=C1CCC2C(CO)C(C3(C)CCC(O)CC3CNc3cccc(CC)c3)CCC12C. The summed E-state index contributed by atoms with van der Waals surface area (Å²) in [6, 6.07) is 8.72. The van der Waals surface area contributed by atoms with E-state index >= 15 is 0 Å². The minimum absolute atomic E-state index is 0.146. The van der Waals surface area contributed by atoms with Gasteiger partial charge in [-0.2, -0.15) is 0 Å². The van der Waals surface area contributed by atoms with E-state index in [1.807, 2.05) is 0 Å². The van der Waals surface area contributed by atoms with Gasteiger partial charge in [-0.3, -0.25) is 0 Å². The van der Waals surface area contributed by atoms with Crippen molar-refractivity contribution >= 4 is 5.69 Å². The summed E-state index contributed by atoms with van der Waals surface area (Å²) in [5.74, 6) is 1.84. The maximum Gasteiger partial charge on any atom is 0.0544 e. The van der Waals surface area contributed by atoms with E-state index in [1.54, 1.807) is 0 Å². The van der Waals surface area contributed by atoms with Crippen molar-refractivity contribution in [2.75, 3.05) is 18.5 Å². The number of allylic oxidation sites excluding steroid dienone is 1. The molecule has 1 aromatic rings. The molecule has 0 amide bonds. The minimum Gasteiger partial charge on any atom is -0.396 e. The van der Waals surface area contributed by atoms with Crippen LogP contribution in [0.3, 0.4) is 0 Å². The van der Waals surface area contributed by atoms with Crippen molar-refractivity contribution in [1.29, 1.82) is 0 Å². The molecule has 1 aromatic carbocycles. The van der Waals surface area contributed by atoms with Gasteiger partial charge in [-0.25, -0.2) is 0 Å². The Hall–Kier alpha value is -1.32. The van der Waals surface area contributed by atoms with Crippen LogP contribution in [-0.2, 0) is 6.42 Å². The summed E-state index contributed by atoms with van der Waals surface area (Å²) in [4.78, 5) is 0. The van der Waals surface area contributed by atoms with Gasteiger partial charge < -0.3 is 15.5 Å². The highest BCUT2D eigenvalue weighted by molar-refractivity contribution is 5.45. The van der Waals surface area contributed by atoms with Crippen molar-refractivity contribution in [3.8, 4) is 0 Å². The standard InChI is InChI=1S/C28H43NO2/c1-5-20-7-6-8-22(15-20)29-17-21-16-23(31)11-13-28(21,4)26-12-14-27(3)19(2)9-10-25(27)24(26)18-30/h6-8,15,21,23-26,29-31H,2,5,9-14,16-18H2,1,3-4H3. The number of aliphatic hydroxyl groups is 2. The maximum absolute atomic E-state index is 10.6. The molecule has 3 nitrogen and oxygen atoms in total. The summed E-state index contributed by atoms with van der Waals surface area (Å²) in [5.41, 5.74) is 4.30. The molecule has 3 N–H and O–H groups in total. The third-order valence-electron chi connectivity index (χ3n) is 9.84. The molecule has 7 atom stereocenters. The third kappa shape index (κ3) is 4.09. The molecule has 4 rings (SSSR count). The highest BCUT2D eigenvalue weighted by Gasteiger charge is 2.56. The van der Waals surface area contributed by atoms with Gasteiger partial charge >= 0.3 is 0 Å². The molecular formula is C28H43NO2. The van der Waals surface area contributed by atoms with E-state index in [4.69, 9.17) is 0 Å². The van der Waals surface area contributed by atoms with Crippen LogP contribution in [0.4, 0.5) is 5.69 Å². The number of nitrogens with one attached hydrogen (secondary N) is 1. The first-order valence-corrected chi connectivity index (χ1v) is 12.6. The molecule has 3 heteroatoms. The Morgan fingerprint density at radius 1 is 1.13 bits per heavy atom. The average Bonchev–Trinajstić information content (AvgIpc) is 3.08. The predicted octanol–water partition coefficient (Wildman–Crippen LogP) is 5.82. The second kappa shape index (κ2) is 8.90. The second-order valence-corrected chi connectivity index (χ2v) is 11.2. The van der Waals surface area contributed by atoms with Crippen LogP contribution in [0, 0.1) is 34.5 Å². The Morgan fingerprint density at radius 2 is 1.94 bits per heavy atom. The van der Waals surface area contributed by atoms with Crippen LogP contribution >= 0.6 is 0 Å². The highest BCUT2D eigenvalue weighted by atomic mass is 16.3. The summed E-state index contributed by atoms with van der Waals surface area (Å²) < 4.78 is 0. The monoisotopic (exact) mass is 425 g/mol. The molecule has 3 fully saturated rings. The molecule has 0 saturated heterocycles. The van der Waals surface area contributed by atoms with Crippen LogP contribution in [0.5, 0.6) is 0 Å². The van der Waals surface area contributed by atoms with Crippen LogP contribution in [-0.4, -0.2) is 29.5 Å². The van der Waals surface area contributed by atoms with E-state index in [-0.39, 0.29) is 23.5 Å². The van der Waals surface area contributed by atoms with Gasteiger partial charge in [0.25, 0.3) is 0 Å².